The minimum absolute atomic E-state index is 0.0385. The maximum absolute atomic E-state index is 10.5. The third-order valence-electron chi connectivity index (χ3n) is 3.70. The van der Waals surface area contributed by atoms with Gasteiger partial charge in [-0.05, 0) is 44.7 Å². The second-order valence-electron chi connectivity index (χ2n) is 5.90. The number of carboxylic acid groups (broad SMARTS) is 1. The summed E-state index contributed by atoms with van der Waals surface area (Å²) in [4.78, 5) is 20.3. The molecule has 0 aliphatic carbocycles. The minimum Gasteiger partial charge on any atom is -0.480 e. The maximum atomic E-state index is 10.5. The van der Waals surface area contributed by atoms with E-state index in [9.17, 15) is 9.59 Å². The number of aryl methyl sites for hydroxylation is 4. The summed E-state index contributed by atoms with van der Waals surface area (Å²) in [6, 6.07) is 4.07. The third-order valence-corrected chi connectivity index (χ3v) is 3.70. The minimum atomic E-state index is -0.847. The molecule has 0 aliphatic rings. The van der Waals surface area contributed by atoms with Gasteiger partial charge in [-0.15, -0.1) is 0 Å². The van der Waals surface area contributed by atoms with Crippen molar-refractivity contribution in [2.75, 3.05) is 6.61 Å². The molecule has 0 saturated heterocycles. The SMILES string of the molecule is CCOC(C)=O.CCc1cc(CC)[nH]n1.CCc1cc(CC)n(CC(=O)O)n1. The van der Waals surface area contributed by atoms with E-state index in [4.69, 9.17) is 5.11 Å². The van der Waals surface area contributed by atoms with E-state index in [0.29, 0.717) is 6.61 Å². The van der Waals surface area contributed by atoms with Crippen molar-refractivity contribution in [3.8, 4) is 0 Å². The van der Waals surface area contributed by atoms with Gasteiger partial charge in [-0.1, -0.05) is 27.7 Å². The first-order valence-electron chi connectivity index (χ1n) is 9.74. The average molecular weight is 395 g/mol. The molecule has 158 valence electrons. The molecule has 2 rings (SSSR count). The second kappa shape index (κ2) is 14.4. The molecule has 8 heteroatoms. The van der Waals surface area contributed by atoms with Crippen LogP contribution < -0.4 is 0 Å². The van der Waals surface area contributed by atoms with E-state index in [1.165, 1.54) is 12.6 Å². The topological polar surface area (TPSA) is 110 Å². The summed E-state index contributed by atoms with van der Waals surface area (Å²) in [6.45, 7) is 11.8. The van der Waals surface area contributed by atoms with Gasteiger partial charge < -0.3 is 9.84 Å². The van der Waals surface area contributed by atoms with E-state index < -0.39 is 5.97 Å². The van der Waals surface area contributed by atoms with Crippen molar-refractivity contribution in [3.63, 3.8) is 0 Å². The Morgan fingerprint density at radius 3 is 2.00 bits per heavy atom. The molecule has 8 nitrogen and oxygen atoms in total. The number of H-pyrrole nitrogens is 1. The Morgan fingerprint density at radius 2 is 1.68 bits per heavy atom. The molecule has 0 radical (unpaired) electrons. The molecule has 0 amide bonds. The molecule has 2 aromatic heterocycles. The highest BCUT2D eigenvalue weighted by molar-refractivity contribution is 5.66. The van der Waals surface area contributed by atoms with Gasteiger partial charge in [-0.2, -0.15) is 10.2 Å². The molecule has 28 heavy (non-hydrogen) atoms. The van der Waals surface area contributed by atoms with E-state index in [1.807, 2.05) is 19.9 Å². The number of hydrogen-bond acceptors (Lipinski definition) is 5. The Kier molecular flexibility index (Phi) is 13.1. The Hall–Kier alpha value is -2.64. The summed E-state index contributed by atoms with van der Waals surface area (Å²) in [5.74, 6) is -1.06. The number of aromatic amines is 1. The molecule has 0 atom stereocenters. The summed E-state index contributed by atoms with van der Waals surface area (Å²) in [6.07, 6.45) is 3.74. The number of ether oxygens (including phenoxy) is 1. The lowest BCUT2D eigenvalue weighted by Crippen LogP contribution is -2.12. The predicted octanol–water partition coefficient (Wildman–Crippen LogP) is 3.20. The van der Waals surface area contributed by atoms with Gasteiger partial charge >= 0.3 is 11.9 Å². The number of aliphatic carboxylic acids is 1. The van der Waals surface area contributed by atoms with Crippen LogP contribution >= 0.6 is 0 Å². The largest absolute Gasteiger partial charge is 0.480 e. The maximum Gasteiger partial charge on any atom is 0.325 e. The molecule has 2 aromatic rings. The predicted molar refractivity (Wildman–Crippen MR) is 108 cm³/mol. The molecule has 0 aliphatic heterocycles. The number of hydrogen-bond donors (Lipinski definition) is 2. The van der Waals surface area contributed by atoms with Crippen LogP contribution in [-0.4, -0.2) is 43.6 Å². The van der Waals surface area contributed by atoms with Crippen LogP contribution in [-0.2, 0) is 46.6 Å². The molecule has 2 heterocycles. The number of aromatic nitrogens is 4. The summed E-state index contributed by atoms with van der Waals surface area (Å²) >= 11 is 0. The zero-order chi connectivity index (χ0) is 21.5. The van der Waals surface area contributed by atoms with Gasteiger partial charge in [0.15, 0.2) is 0 Å². The van der Waals surface area contributed by atoms with Crippen LogP contribution in [0, 0.1) is 0 Å². The fourth-order valence-electron chi connectivity index (χ4n) is 2.21. The standard InChI is InChI=1S/C9H14N2O2.C7H12N2.C4H8O2/c1-3-7-5-8(4-2)11(10-7)6-9(12)13;1-3-6-5-7(4-2)9-8-6;1-3-6-4(2)5/h5H,3-4,6H2,1-2H3,(H,12,13);5H,3-4H2,1-2H3,(H,8,9);3H2,1-2H3. The van der Waals surface area contributed by atoms with Gasteiger partial charge in [0, 0.05) is 18.3 Å². The van der Waals surface area contributed by atoms with Crippen molar-refractivity contribution in [3.05, 3.63) is 34.9 Å². The van der Waals surface area contributed by atoms with Crippen LogP contribution in [0.5, 0.6) is 0 Å². The van der Waals surface area contributed by atoms with E-state index in [0.717, 1.165) is 42.8 Å². The molecular formula is C20H34N4O4. The van der Waals surface area contributed by atoms with Crippen molar-refractivity contribution < 1.29 is 19.4 Å². The lowest BCUT2D eigenvalue weighted by Gasteiger charge is -2.00. The molecule has 0 bridgehead atoms. The summed E-state index contributed by atoms with van der Waals surface area (Å²) in [7, 11) is 0. The van der Waals surface area contributed by atoms with Gasteiger partial charge in [0.2, 0.25) is 0 Å². The number of carboxylic acids is 1. The second-order valence-corrected chi connectivity index (χ2v) is 5.90. The highest BCUT2D eigenvalue weighted by atomic mass is 16.5. The fourth-order valence-corrected chi connectivity index (χ4v) is 2.21. The highest BCUT2D eigenvalue weighted by Crippen LogP contribution is 2.05. The van der Waals surface area contributed by atoms with Crippen LogP contribution in [0.25, 0.3) is 0 Å². The van der Waals surface area contributed by atoms with Crippen molar-refractivity contribution in [2.45, 2.75) is 73.8 Å². The number of nitrogens with one attached hydrogen (secondary N) is 1. The van der Waals surface area contributed by atoms with Gasteiger partial charge in [0.25, 0.3) is 0 Å². The summed E-state index contributed by atoms with van der Waals surface area (Å²) in [5, 5.41) is 19.8. The van der Waals surface area contributed by atoms with Crippen LogP contribution in [0.1, 0.15) is 64.3 Å². The number of nitrogens with zero attached hydrogens (tertiary/aromatic N) is 3. The number of esters is 1. The van der Waals surface area contributed by atoms with E-state index in [-0.39, 0.29) is 12.5 Å². The molecule has 0 unspecified atom stereocenters. The Bertz CT molecular complexity index is 688. The zero-order valence-electron chi connectivity index (χ0n) is 17.9. The van der Waals surface area contributed by atoms with E-state index in [2.05, 4.69) is 39.9 Å². The first-order valence-corrected chi connectivity index (χ1v) is 9.74. The molecule has 2 N–H and O–H groups in total. The normalized spacial score (nSPS) is 9.64. The Morgan fingerprint density at radius 1 is 1.04 bits per heavy atom. The number of rotatable bonds is 7. The van der Waals surface area contributed by atoms with Gasteiger partial charge in [-0.25, -0.2) is 0 Å². The Labute approximate surface area is 167 Å². The van der Waals surface area contributed by atoms with Crippen molar-refractivity contribution in [2.24, 2.45) is 0 Å². The third kappa shape index (κ3) is 10.5. The van der Waals surface area contributed by atoms with Gasteiger partial charge in [-0.3, -0.25) is 19.4 Å². The van der Waals surface area contributed by atoms with Crippen LogP contribution in [0.4, 0.5) is 0 Å². The van der Waals surface area contributed by atoms with Crippen molar-refractivity contribution in [1.82, 2.24) is 20.0 Å². The first kappa shape index (κ1) is 25.4. The van der Waals surface area contributed by atoms with E-state index in [1.54, 1.807) is 11.6 Å². The number of carbonyl (C=O) groups excluding carboxylic acids is 1. The summed E-state index contributed by atoms with van der Waals surface area (Å²) in [5.41, 5.74) is 4.33. The number of carbonyl (C=O) groups is 2. The first-order chi connectivity index (χ1) is 13.3. The van der Waals surface area contributed by atoms with Gasteiger partial charge in [0.05, 0.1) is 18.0 Å². The average Bonchev–Trinajstić information content (AvgIpc) is 3.28. The van der Waals surface area contributed by atoms with Crippen LogP contribution in [0.2, 0.25) is 0 Å². The monoisotopic (exact) mass is 394 g/mol. The Balaban J connectivity index is 0.000000423. The fraction of sp³-hybridized carbons (Fsp3) is 0.600. The van der Waals surface area contributed by atoms with Crippen LogP contribution in [0.15, 0.2) is 12.1 Å². The molecule has 0 saturated carbocycles. The van der Waals surface area contributed by atoms with Crippen LogP contribution in [0.3, 0.4) is 0 Å². The quantitative estimate of drug-likeness (QED) is 0.698. The van der Waals surface area contributed by atoms with Crippen molar-refractivity contribution in [1.29, 1.82) is 0 Å². The summed E-state index contributed by atoms with van der Waals surface area (Å²) < 4.78 is 5.96. The lowest BCUT2D eigenvalue weighted by molar-refractivity contribution is -0.140. The molecule has 0 fully saturated rings. The molecular weight excluding hydrogens is 360 g/mol. The zero-order valence-corrected chi connectivity index (χ0v) is 17.9. The lowest BCUT2D eigenvalue weighted by atomic mass is 10.3. The molecule has 0 spiro atoms. The molecule has 0 aromatic carbocycles. The van der Waals surface area contributed by atoms with Gasteiger partial charge in [0.1, 0.15) is 6.54 Å². The highest BCUT2D eigenvalue weighted by Gasteiger charge is 2.07. The van der Waals surface area contributed by atoms with E-state index >= 15 is 0 Å². The van der Waals surface area contributed by atoms with Crippen molar-refractivity contribution >= 4 is 11.9 Å². The smallest absolute Gasteiger partial charge is 0.325 e.